The number of rotatable bonds is 3. The second kappa shape index (κ2) is 6.53. The molecule has 114 valence electrons. The first-order valence-corrected chi connectivity index (χ1v) is 8.20. The molecule has 0 N–H and O–H groups in total. The topological polar surface area (TPSA) is 20.3 Å². The van der Waals surface area contributed by atoms with E-state index in [9.17, 15) is 4.79 Å². The number of likely N-dealkylation sites (tertiary alicyclic amines) is 1. The summed E-state index contributed by atoms with van der Waals surface area (Å²) in [6.07, 6.45) is 3.31. The molecule has 0 bridgehead atoms. The summed E-state index contributed by atoms with van der Waals surface area (Å²) in [5.41, 5.74) is 1.66. The standard InChI is InChI=1S/C19H20ClNO/c20-19(16-10-4-1-5-11-16,17-12-6-2-7-13-17)18(22)21-14-8-3-9-15-21/h1-2,4-7,10-13H,3,8-9,14-15H2. The molecule has 22 heavy (non-hydrogen) atoms. The van der Waals surface area contributed by atoms with Gasteiger partial charge in [0.1, 0.15) is 0 Å². The first kappa shape index (κ1) is 15.1. The van der Waals surface area contributed by atoms with Gasteiger partial charge >= 0.3 is 0 Å². The van der Waals surface area contributed by atoms with Crippen LogP contribution in [0.15, 0.2) is 60.7 Å². The van der Waals surface area contributed by atoms with Gasteiger partial charge in [0.15, 0.2) is 4.87 Å². The van der Waals surface area contributed by atoms with E-state index in [0.717, 1.165) is 37.1 Å². The minimum atomic E-state index is -1.14. The number of alkyl halides is 1. The van der Waals surface area contributed by atoms with Crippen LogP contribution in [0.2, 0.25) is 0 Å². The maximum atomic E-state index is 13.2. The number of hydrogen-bond acceptors (Lipinski definition) is 1. The Morgan fingerprint density at radius 2 is 1.27 bits per heavy atom. The molecule has 0 spiro atoms. The summed E-state index contributed by atoms with van der Waals surface area (Å²) in [5.74, 6) is -0.00809. The Balaban J connectivity index is 2.05. The maximum absolute atomic E-state index is 13.2. The molecule has 0 aliphatic carbocycles. The van der Waals surface area contributed by atoms with Crippen LogP contribution in [-0.4, -0.2) is 23.9 Å². The fourth-order valence-electron chi connectivity index (χ4n) is 3.06. The highest BCUT2D eigenvalue weighted by Gasteiger charge is 2.42. The van der Waals surface area contributed by atoms with Gasteiger partial charge in [0, 0.05) is 13.1 Å². The van der Waals surface area contributed by atoms with E-state index in [4.69, 9.17) is 11.6 Å². The van der Waals surface area contributed by atoms with E-state index in [2.05, 4.69) is 0 Å². The van der Waals surface area contributed by atoms with Gasteiger partial charge in [0.05, 0.1) is 0 Å². The second-order valence-corrected chi connectivity index (χ2v) is 6.31. The highest BCUT2D eigenvalue weighted by Crippen LogP contribution is 2.39. The molecule has 0 unspecified atom stereocenters. The van der Waals surface area contributed by atoms with Crippen molar-refractivity contribution < 1.29 is 4.79 Å². The lowest BCUT2D eigenvalue weighted by Crippen LogP contribution is -2.46. The predicted octanol–water partition coefficient (Wildman–Crippen LogP) is 4.18. The number of halogens is 1. The molecule has 0 aromatic heterocycles. The van der Waals surface area contributed by atoms with Crippen molar-refractivity contribution in [1.82, 2.24) is 4.90 Å². The highest BCUT2D eigenvalue weighted by atomic mass is 35.5. The quantitative estimate of drug-likeness (QED) is 0.778. The molecular formula is C19H20ClNO. The smallest absolute Gasteiger partial charge is 0.252 e. The van der Waals surface area contributed by atoms with Crippen molar-refractivity contribution in [3.05, 3.63) is 71.8 Å². The molecule has 2 nitrogen and oxygen atoms in total. The Hall–Kier alpha value is -1.80. The highest BCUT2D eigenvalue weighted by molar-refractivity contribution is 6.37. The number of nitrogens with zero attached hydrogens (tertiary/aromatic N) is 1. The summed E-state index contributed by atoms with van der Waals surface area (Å²) in [6, 6.07) is 19.3. The monoisotopic (exact) mass is 313 g/mol. The van der Waals surface area contributed by atoms with Crippen LogP contribution in [-0.2, 0) is 9.67 Å². The van der Waals surface area contributed by atoms with Crippen molar-refractivity contribution in [3.63, 3.8) is 0 Å². The number of amides is 1. The van der Waals surface area contributed by atoms with E-state index in [1.54, 1.807) is 0 Å². The Labute approximate surface area is 136 Å². The van der Waals surface area contributed by atoms with E-state index in [1.807, 2.05) is 65.6 Å². The molecule has 0 radical (unpaired) electrons. The van der Waals surface area contributed by atoms with Gasteiger partial charge in [-0.05, 0) is 30.4 Å². The van der Waals surface area contributed by atoms with Crippen LogP contribution in [0.3, 0.4) is 0 Å². The minimum absolute atomic E-state index is 0.00809. The molecule has 1 heterocycles. The maximum Gasteiger partial charge on any atom is 0.252 e. The summed E-state index contributed by atoms with van der Waals surface area (Å²) < 4.78 is 0. The summed E-state index contributed by atoms with van der Waals surface area (Å²) in [5, 5.41) is 0. The molecule has 3 rings (SSSR count). The predicted molar refractivity (Wildman–Crippen MR) is 89.9 cm³/mol. The number of carbonyl (C=O) groups is 1. The van der Waals surface area contributed by atoms with Crippen molar-refractivity contribution >= 4 is 17.5 Å². The first-order valence-electron chi connectivity index (χ1n) is 7.82. The third kappa shape index (κ3) is 2.76. The minimum Gasteiger partial charge on any atom is -0.341 e. The molecule has 2 aromatic carbocycles. The molecule has 1 saturated heterocycles. The largest absolute Gasteiger partial charge is 0.341 e. The lowest BCUT2D eigenvalue weighted by Gasteiger charge is -2.35. The summed E-state index contributed by atoms with van der Waals surface area (Å²) in [7, 11) is 0. The molecule has 1 amide bonds. The zero-order valence-electron chi connectivity index (χ0n) is 12.5. The second-order valence-electron chi connectivity index (χ2n) is 5.74. The lowest BCUT2D eigenvalue weighted by molar-refractivity contribution is -0.134. The molecule has 0 atom stereocenters. The molecular weight excluding hydrogens is 294 g/mol. The van der Waals surface area contributed by atoms with Crippen LogP contribution in [0.5, 0.6) is 0 Å². The third-order valence-electron chi connectivity index (χ3n) is 4.28. The van der Waals surface area contributed by atoms with E-state index < -0.39 is 4.87 Å². The fourth-order valence-corrected chi connectivity index (χ4v) is 3.44. The molecule has 0 saturated carbocycles. The average Bonchev–Trinajstić information content (AvgIpc) is 2.62. The molecule has 1 fully saturated rings. The van der Waals surface area contributed by atoms with E-state index in [-0.39, 0.29) is 5.91 Å². The van der Waals surface area contributed by atoms with Gasteiger partial charge in [0.2, 0.25) is 0 Å². The van der Waals surface area contributed by atoms with Gasteiger partial charge in [-0.3, -0.25) is 4.79 Å². The van der Waals surface area contributed by atoms with Gasteiger partial charge in [-0.15, -0.1) is 0 Å². The lowest BCUT2D eigenvalue weighted by atomic mass is 9.88. The number of benzene rings is 2. The molecule has 1 aliphatic heterocycles. The average molecular weight is 314 g/mol. The number of carbonyl (C=O) groups excluding carboxylic acids is 1. The van der Waals surface area contributed by atoms with Crippen molar-refractivity contribution in [2.45, 2.75) is 24.1 Å². The van der Waals surface area contributed by atoms with Crippen molar-refractivity contribution in [2.75, 3.05) is 13.1 Å². The fraction of sp³-hybridized carbons (Fsp3) is 0.316. The first-order chi connectivity index (χ1) is 10.7. The van der Waals surface area contributed by atoms with Crippen LogP contribution in [0, 0.1) is 0 Å². The van der Waals surface area contributed by atoms with E-state index >= 15 is 0 Å². The molecule has 1 aliphatic rings. The number of piperidine rings is 1. The van der Waals surface area contributed by atoms with Crippen molar-refractivity contribution in [1.29, 1.82) is 0 Å². The Morgan fingerprint density at radius 1 is 0.818 bits per heavy atom. The zero-order chi connectivity index (χ0) is 15.4. The van der Waals surface area contributed by atoms with Crippen LogP contribution in [0.1, 0.15) is 30.4 Å². The van der Waals surface area contributed by atoms with E-state index in [1.165, 1.54) is 6.42 Å². The van der Waals surface area contributed by atoms with Crippen LogP contribution >= 0.6 is 11.6 Å². The summed E-state index contributed by atoms with van der Waals surface area (Å²) in [6.45, 7) is 1.60. The molecule has 3 heteroatoms. The van der Waals surface area contributed by atoms with Crippen LogP contribution in [0.25, 0.3) is 0 Å². The molecule has 2 aromatic rings. The Bertz CT molecular complexity index is 581. The summed E-state index contributed by atoms with van der Waals surface area (Å²) >= 11 is 6.98. The Kier molecular flexibility index (Phi) is 4.49. The third-order valence-corrected chi connectivity index (χ3v) is 4.88. The van der Waals surface area contributed by atoms with Crippen molar-refractivity contribution in [3.8, 4) is 0 Å². The normalized spacial score (nSPS) is 15.6. The van der Waals surface area contributed by atoms with Crippen molar-refractivity contribution in [2.24, 2.45) is 0 Å². The zero-order valence-corrected chi connectivity index (χ0v) is 13.3. The number of hydrogen-bond donors (Lipinski definition) is 0. The van der Waals surface area contributed by atoms with Gasteiger partial charge in [-0.1, -0.05) is 72.3 Å². The van der Waals surface area contributed by atoms with Gasteiger partial charge in [0.25, 0.3) is 5.91 Å². The Morgan fingerprint density at radius 3 is 1.73 bits per heavy atom. The van der Waals surface area contributed by atoms with Crippen LogP contribution < -0.4 is 0 Å². The van der Waals surface area contributed by atoms with E-state index in [0.29, 0.717) is 0 Å². The van der Waals surface area contributed by atoms with Gasteiger partial charge in [-0.2, -0.15) is 0 Å². The summed E-state index contributed by atoms with van der Waals surface area (Å²) in [4.78, 5) is 14.0. The van der Waals surface area contributed by atoms with Gasteiger partial charge < -0.3 is 4.90 Å². The van der Waals surface area contributed by atoms with Crippen LogP contribution in [0.4, 0.5) is 0 Å². The van der Waals surface area contributed by atoms with Gasteiger partial charge in [-0.25, -0.2) is 0 Å². The SMILES string of the molecule is O=C(N1CCCCC1)C(Cl)(c1ccccc1)c1ccccc1.